The number of nitrogens with one attached hydrogen (secondary N) is 1. The van der Waals surface area contributed by atoms with Gasteiger partial charge in [-0.25, -0.2) is 0 Å². The zero-order chi connectivity index (χ0) is 8.10. The minimum absolute atomic E-state index is 0.377. The fourth-order valence-corrected chi connectivity index (χ4v) is 1.34. The van der Waals surface area contributed by atoms with Crippen LogP contribution in [0.2, 0.25) is 0 Å². The molecule has 0 amide bonds. The molecule has 0 aromatic heterocycles. The van der Waals surface area contributed by atoms with Gasteiger partial charge in [0, 0.05) is 6.54 Å². The lowest BCUT2D eigenvalue weighted by Gasteiger charge is -2.14. The van der Waals surface area contributed by atoms with Crippen LogP contribution in [0, 0.1) is 0 Å². The number of rotatable bonds is 3. The summed E-state index contributed by atoms with van der Waals surface area (Å²) in [6.45, 7) is 2.61. The van der Waals surface area contributed by atoms with Gasteiger partial charge in [0.15, 0.2) is 0 Å². The summed E-state index contributed by atoms with van der Waals surface area (Å²) in [5.74, 6) is 0. The van der Waals surface area contributed by atoms with E-state index in [2.05, 4.69) is 11.4 Å². The molecule has 1 aliphatic rings. The summed E-state index contributed by atoms with van der Waals surface area (Å²) in [6, 6.07) is 0. The van der Waals surface area contributed by atoms with Crippen molar-refractivity contribution in [2.24, 2.45) is 0 Å². The Balaban J connectivity index is 2.19. The molecule has 0 aromatic carbocycles. The Morgan fingerprint density at radius 2 is 2.45 bits per heavy atom. The molecule has 0 heterocycles. The van der Waals surface area contributed by atoms with Crippen molar-refractivity contribution < 1.29 is 5.11 Å². The second kappa shape index (κ2) is 4.52. The highest BCUT2D eigenvalue weighted by Gasteiger charge is 2.03. The monoisotopic (exact) mass is 155 g/mol. The van der Waals surface area contributed by atoms with Gasteiger partial charge in [0.05, 0.1) is 0 Å². The summed E-state index contributed by atoms with van der Waals surface area (Å²) < 4.78 is 0. The van der Waals surface area contributed by atoms with Crippen LogP contribution in [0.1, 0.15) is 32.6 Å². The Hall–Kier alpha value is -0.340. The molecule has 64 valence electrons. The number of allylic oxidation sites excluding steroid dienone is 1. The van der Waals surface area contributed by atoms with Crippen molar-refractivity contribution in [1.29, 1.82) is 0 Å². The predicted octanol–water partition coefficient (Wildman–Crippen LogP) is 1.41. The maximum Gasteiger partial charge on any atom is 0.102 e. The van der Waals surface area contributed by atoms with Crippen molar-refractivity contribution >= 4 is 0 Å². The Kier molecular flexibility index (Phi) is 3.60. The minimum atomic E-state index is -0.377. The molecular formula is C9H17NO. The molecule has 0 radical (unpaired) electrons. The standard InChI is InChI=1S/C9H17NO/c1-8(11)10-7-9-5-3-2-4-6-9/h5,8,10-11H,2-4,6-7H2,1H3. The van der Waals surface area contributed by atoms with E-state index in [1.807, 2.05) is 0 Å². The molecule has 1 aliphatic carbocycles. The van der Waals surface area contributed by atoms with Crippen molar-refractivity contribution in [3.63, 3.8) is 0 Å². The molecule has 2 N–H and O–H groups in total. The lowest BCUT2D eigenvalue weighted by Crippen LogP contribution is -2.27. The van der Waals surface area contributed by atoms with E-state index in [9.17, 15) is 0 Å². The molecule has 0 saturated carbocycles. The van der Waals surface area contributed by atoms with Crippen LogP contribution in [-0.4, -0.2) is 17.9 Å². The first-order chi connectivity index (χ1) is 5.29. The molecule has 2 nitrogen and oxygen atoms in total. The van der Waals surface area contributed by atoms with Crippen LogP contribution >= 0.6 is 0 Å². The first-order valence-electron chi connectivity index (χ1n) is 4.38. The van der Waals surface area contributed by atoms with E-state index in [0.29, 0.717) is 0 Å². The van der Waals surface area contributed by atoms with Crippen LogP contribution in [-0.2, 0) is 0 Å². The van der Waals surface area contributed by atoms with E-state index in [1.54, 1.807) is 6.92 Å². The van der Waals surface area contributed by atoms with Crippen LogP contribution in [0.25, 0.3) is 0 Å². The van der Waals surface area contributed by atoms with Crippen molar-refractivity contribution in [2.45, 2.75) is 38.8 Å². The molecule has 1 unspecified atom stereocenters. The molecule has 11 heavy (non-hydrogen) atoms. The lowest BCUT2D eigenvalue weighted by atomic mass is 10.00. The molecule has 1 atom stereocenters. The molecular weight excluding hydrogens is 138 g/mol. The number of hydrogen-bond donors (Lipinski definition) is 2. The average Bonchev–Trinajstić information content (AvgIpc) is 2.03. The van der Waals surface area contributed by atoms with Gasteiger partial charge < -0.3 is 5.11 Å². The summed E-state index contributed by atoms with van der Waals surface area (Å²) in [4.78, 5) is 0. The van der Waals surface area contributed by atoms with Crippen molar-refractivity contribution in [3.8, 4) is 0 Å². The maximum absolute atomic E-state index is 8.94. The Labute approximate surface area is 68.3 Å². The fraction of sp³-hybridized carbons (Fsp3) is 0.778. The highest BCUT2D eigenvalue weighted by Crippen LogP contribution is 2.16. The van der Waals surface area contributed by atoms with Crippen LogP contribution in [0.15, 0.2) is 11.6 Å². The first-order valence-corrected chi connectivity index (χ1v) is 4.38. The summed E-state index contributed by atoms with van der Waals surface area (Å²) in [7, 11) is 0. The summed E-state index contributed by atoms with van der Waals surface area (Å²) >= 11 is 0. The van der Waals surface area contributed by atoms with E-state index in [0.717, 1.165) is 6.54 Å². The molecule has 2 heteroatoms. The second-order valence-electron chi connectivity index (χ2n) is 3.17. The Morgan fingerprint density at radius 1 is 1.64 bits per heavy atom. The quantitative estimate of drug-likeness (QED) is 0.477. The molecule has 1 rings (SSSR count). The van der Waals surface area contributed by atoms with Gasteiger partial charge >= 0.3 is 0 Å². The lowest BCUT2D eigenvalue weighted by molar-refractivity contribution is 0.160. The van der Waals surface area contributed by atoms with Gasteiger partial charge in [-0.3, -0.25) is 5.32 Å². The fourth-order valence-electron chi connectivity index (χ4n) is 1.34. The topological polar surface area (TPSA) is 32.3 Å². The number of aliphatic hydroxyl groups excluding tert-OH is 1. The van der Waals surface area contributed by atoms with Gasteiger partial charge in [0.1, 0.15) is 6.23 Å². The number of hydrogen-bond acceptors (Lipinski definition) is 2. The normalized spacial score (nSPS) is 21.1. The third kappa shape index (κ3) is 3.54. The predicted molar refractivity (Wildman–Crippen MR) is 46.2 cm³/mol. The van der Waals surface area contributed by atoms with Crippen molar-refractivity contribution in [3.05, 3.63) is 11.6 Å². The van der Waals surface area contributed by atoms with Crippen LogP contribution in [0.3, 0.4) is 0 Å². The number of aliphatic hydroxyl groups is 1. The van der Waals surface area contributed by atoms with E-state index >= 15 is 0 Å². The first kappa shape index (κ1) is 8.75. The van der Waals surface area contributed by atoms with Crippen molar-refractivity contribution in [1.82, 2.24) is 5.32 Å². The van der Waals surface area contributed by atoms with E-state index in [1.165, 1.54) is 31.3 Å². The van der Waals surface area contributed by atoms with Gasteiger partial charge in [-0.15, -0.1) is 0 Å². The molecule has 0 spiro atoms. The Bertz CT molecular complexity index is 140. The van der Waals surface area contributed by atoms with Gasteiger partial charge in [0.2, 0.25) is 0 Å². The molecule has 0 aromatic rings. The van der Waals surface area contributed by atoms with Gasteiger partial charge in [-0.1, -0.05) is 11.6 Å². The van der Waals surface area contributed by atoms with Crippen LogP contribution in [0.5, 0.6) is 0 Å². The molecule has 0 fully saturated rings. The highest BCUT2D eigenvalue weighted by molar-refractivity contribution is 5.06. The SMILES string of the molecule is CC(O)NCC1=CCCCC1. The smallest absolute Gasteiger partial charge is 0.102 e. The van der Waals surface area contributed by atoms with Crippen LogP contribution < -0.4 is 5.32 Å². The maximum atomic E-state index is 8.94. The third-order valence-corrected chi connectivity index (χ3v) is 2.01. The third-order valence-electron chi connectivity index (χ3n) is 2.01. The molecule has 0 aliphatic heterocycles. The largest absolute Gasteiger partial charge is 0.379 e. The highest BCUT2D eigenvalue weighted by atomic mass is 16.3. The van der Waals surface area contributed by atoms with E-state index in [4.69, 9.17) is 5.11 Å². The van der Waals surface area contributed by atoms with Gasteiger partial charge in [0.25, 0.3) is 0 Å². The zero-order valence-electron chi connectivity index (χ0n) is 7.14. The van der Waals surface area contributed by atoms with E-state index in [-0.39, 0.29) is 6.23 Å². The average molecular weight is 155 g/mol. The zero-order valence-corrected chi connectivity index (χ0v) is 7.14. The molecule has 0 bridgehead atoms. The molecule has 0 saturated heterocycles. The summed E-state index contributed by atoms with van der Waals surface area (Å²) in [5.41, 5.74) is 1.46. The van der Waals surface area contributed by atoms with Gasteiger partial charge in [-0.2, -0.15) is 0 Å². The minimum Gasteiger partial charge on any atom is -0.379 e. The summed E-state index contributed by atoms with van der Waals surface area (Å²) in [5, 5.41) is 11.9. The van der Waals surface area contributed by atoms with Crippen molar-refractivity contribution in [2.75, 3.05) is 6.54 Å². The Morgan fingerprint density at radius 3 is 3.00 bits per heavy atom. The van der Waals surface area contributed by atoms with E-state index < -0.39 is 0 Å². The van der Waals surface area contributed by atoms with Gasteiger partial charge in [-0.05, 0) is 32.6 Å². The summed E-state index contributed by atoms with van der Waals surface area (Å²) in [6.07, 6.45) is 6.99. The van der Waals surface area contributed by atoms with Crippen LogP contribution in [0.4, 0.5) is 0 Å². The second-order valence-corrected chi connectivity index (χ2v) is 3.17.